The predicted molar refractivity (Wildman–Crippen MR) is 207 cm³/mol. The largest absolute Gasteiger partial charge is 0.469 e. The standard InChI is InChI=1S/C42H52N8O3/c1-6-9-38-50-32-15-13-26(30-22-45-41(46-30)34-11-8-17-49(34)42(52)39(43)25(4)5)19-28(32)20-35(50)29-14-12-27(21-36(29)53-38)31-23-44-40(47-31)33-10-7-16-48(33)37(51)18-24(2)3/h12-15,19-25,33-34,38-39H,6-11,16-18,43H2,1-5H3,(H,44,47)(H,45,46)/t33-,34-,38?,39-/m0/s1. The molecular formula is C42H52N8O3. The van der Waals surface area contributed by atoms with E-state index in [-0.39, 0.29) is 36.0 Å². The lowest BCUT2D eigenvalue weighted by Gasteiger charge is -2.30. The van der Waals surface area contributed by atoms with E-state index >= 15 is 0 Å². The highest BCUT2D eigenvalue weighted by atomic mass is 16.5. The van der Waals surface area contributed by atoms with Crippen molar-refractivity contribution in [3.05, 3.63) is 66.5 Å². The molecule has 2 amide bonds. The van der Waals surface area contributed by atoms with Gasteiger partial charge in [-0.05, 0) is 67.9 Å². The summed E-state index contributed by atoms with van der Waals surface area (Å²) in [6.07, 6.45) is 9.76. The molecule has 6 heterocycles. The van der Waals surface area contributed by atoms with Crippen LogP contribution in [0.25, 0.3) is 44.7 Å². The van der Waals surface area contributed by atoms with E-state index in [0.717, 1.165) is 107 Å². The van der Waals surface area contributed by atoms with Gasteiger partial charge in [-0.2, -0.15) is 0 Å². The van der Waals surface area contributed by atoms with Crippen molar-refractivity contribution in [3.63, 3.8) is 0 Å². The number of aromatic amines is 2. The molecule has 5 aromatic rings. The quantitative estimate of drug-likeness (QED) is 0.133. The summed E-state index contributed by atoms with van der Waals surface area (Å²) in [6.45, 7) is 11.8. The first kappa shape index (κ1) is 35.1. The van der Waals surface area contributed by atoms with Gasteiger partial charge in [0, 0.05) is 48.0 Å². The van der Waals surface area contributed by atoms with Gasteiger partial charge < -0.3 is 34.8 Å². The molecule has 4 N–H and O–H groups in total. The number of fused-ring (bicyclic) bond motifs is 5. The second-order valence-electron chi connectivity index (χ2n) is 15.9. The molecule has 3 aromatic heterocycles. The van der Waals surface area contributed by atoms with Crippen molar-refractivity contribution in [1.82, 2.24) is 34.3 Å². The Morgan fingerprint density at radius 3 is 2.19 bits per heavy atom. The fourth-order valence-corrected chi connectivity index (χ4v) is 8.47. The van der Waals surface area contributed by atoms with Crippen molar-refractivity contribution in [2.45, 2.75) is 104 Å². The third-order valence-electron chi connectivity index (χ3n) is 11.3. The summed E-state index contributed by atoms with van der Waals surface area (Å²) >= 11 is 0. The van der Waals surface area contributed by atoms with E-state index < -0.39 is 6.04 Å². The minimum atomic E-state index is -0.510. The molecule has 2 fully saturated rings. The van der Waals surface area contributed by atoms with E-state index in [1.807, 2.05) is 36.0 Å². The Kier molecular flexibility index (Phi) is 9.39. The van der Waals surface area contributed by atoms with Crippen LogP contribution in [0, 0.1) is 11.8 Å². The zero-order valence-corrected chi connectivity index (χ0v) is 31.6. The molecule has 0 bridgehead atoms. The van der Waals surface area contributed by atoms with Crippen molar-refractivity contribution in [3.8, 4) is 39.5 Å². The summed E-state index contributed by atoms with van der Waals surface area (Å²) in [5.41, 5.74) is 13.5. The number of hydrogen-bond acceptors (Lipinski definition) is 6. The van der Waals surface area contributed by atoms with Crippen molar-refractivity contribution in [2.75, 3.05) is 13.1 Å². The van der Waals surface area contributed by atoms with Crippen molar-refractivity contribution in [2.24, 2.45) is 17.6 Å². The Morgan fingerprint density at radius 1 is 0.887 bits per heavy atom. The molecule has 0 saturated carbocycles. The minimum absolute atomic E-state index is 0.00236. The van der Waals surface area contributed by atoms with Crippen LogP contribution in [0.15, 0.2) is 54.9 Å². The lowest BCUT2D eigenvalue weighted by molar-refractivity contribution is -0.135. The number of rotatable bonds is 10. The van der Waals surface area contributed by atoms with Crippen LogP contribution < -0.4 is 10.5 Å². The number of nitrogens with zero attached hydrogens (tertiary/aromatic N) is 5. The summed E-state index contributed by atoms with van der Waals surface area (Å²) < 4.78 is 9.11. The van der Waals surface area contributed by atoms with Crippen LogP contribution in [0.1, 0.15) is 110 Å². The zero-order chi connectivity index (χ0) is 37.0. The van der Waals surface area contributed by atoms with Gasteiger partial charge in [0.2, 0.25) is 11.8 Å². The van der Waals surface area contributed by atoms with Gasteiger partial charge in [-0.15, -0.1) is 0 Å². The van der Waals surface area contributed by atoms with Gasteiger partial charge >= 0.3 is 0 Å². The zero-order valence-electron chi connectivity index (χ0n) is 31.6. The topological polar surface area (TPSA) is 138 Å². The number of benzene rings is 2. The molecule has 3 aliphatic heterocycles. The van der Waals surface area contributed by atoms with Crippen LogP contribution in [0.4, 0.5) is 0 Å². The van der Waals surface area contributed by atoms with Gasteiger partial charge in [-0.1, -0.05) is 53.2 Å². The number of hydrogen-bond donors (Lipinski definition) is 3. The van der Waals surface area contributed by atoms with E-state index in [0.29, 0.717) is 18.9 Å². The van der Waals surface area contributed by atoms with Gasteiger partial charge in [0.25, 0.3) is 0 Å². The van der Waals surface area contributed by atoms with Crippen molar-refractivity contribution >= 4 is 22.7 Å². The highest BCUT2D eigenvalue weighted by molar-refractivity contribution is 5.92. The van der Waals surface area contributed by atoms with Crippen LogP contribution in [0.2, 0.25) is 0 Å². The first-order valence-electron chi connectivity index (χ1n) is 19.5. The third kappa shape index (κ3) is 6.43. The first-order chi connectivity index (χ1) is 25.6. The number of imidazole rings is 2. The van der Waals surface area contributed by atoms with Crippen LogP contribution in [0.3, 0.4) is 0 Å². The molecule has 8 rings (SSSR count). The van der Waals surface area contributed by atoms with Crippen LogP contribution in [-0.2, 0) is 9.59 Å². The summed E-state index contributed by atoms with van der Waals surface area (Å²) in [6, 6.07) is 14.6. The monoisotopic (exact) mass is 716 g/mol. The highest BCUT2D eigenvalue weighted by Crippen LogP contribution is 2.45. The normalized spacial score (nSPS) is 20.3. The fourth-order valence-electron chi connectivity index (χ4n) is 8.47. The molecule has 11 heteroatoms. The number of nitrogens with two attached hydrogens (primary N) is 1. The molecule has 11 nitrogen and oxygen atoms in total. The van der Waals surface area contributed by atoms with Crippen molar-refractivity contribution < 1.29 is 14.3 Å². The maximum absolute atomic E-state index is 13.2. The molecule has 2 aromatic carbocycles. The Hall–Kier alpha value is -4.90. The highest BCUT2D eigenvalue weighted by Gasteiger charge is 2.36. The molecule has 1 unspecified atom stereocenters. The number of nitrogens with one attached hydrogen (secondary N) is 2. The second kappa shape index (κ2) is 14.2. The van der Waals surface area contributed by atoms with E-state index in [4.69, 9.17) is 20.4 Å². The van der Waals surface area contributed by atoms with Crippen molar-refractivity contribution in [1.29, 1.82) is 0 Å². The van der Waals surface area contributed by atoms with Crippen LogP contribution in [-0.4, -0.2) is 65.2 Å². The summed E-state index contributed by atoms with van der Waals surface area (Å²) in [5, 5.41) is 1.13. The Balaban J connectivity index is 1.07. The van der Waals surface area contributed by atoms with E-state index in [1.54, 1.807) is 0 Å². The molecule has 278 valence electrons. The van der Waals surface area contributed by atoms with E-state index in [9.17, 15) is 9.59 Å². The lowest BCUT2D eigenvalue weighted by atomic mass is 10.0. The number of amides is 2. The Labute approximate surface area is 311 Å². The molecule has 0 spiro atoms. The van der Waals surface area contributed by atoms with Crippen LogP contribution in [0.5, 0.6) is 5.75 Å². The predicted octanol–water partition coefficient (Wildman–Crippen LogP) is 8.14. The molecule has 2 saturated heterocycles. The number of H-pyrrole nitrogens is 2. The average molecular weight is 717 g/mol. The third-order valence-corrected chi connectivity index (χ3v) is 11.3. The Bertz CT molecular complexity index is 2140. The van der Waals surface area contributed by atoms with E-state index in [2.05, 4.69) is 77.8 Å². The molecular weight excluding hydrogens is 665 g/mol. The van der Waals surface area contributed by atoms with Crippen LogP contribution >= 0.6 is 0 Å². The maximum Gasteiger partial charge on any atom is 0.240 e. The number of ether oxygens (including phenoxy) is 1. The van der Waals surface area contributed by atoms with Gasteiger partial charge in [-0.3, -0.25) is 9.59 Å². The molecule has 3 aliphatic rings. The van der Waals surface area contributed by atoms with E-state index in [1.165, 1.54) is 0 Å². The number of likely N-dealkylation sites (tertiary alicyclic amines) is 2. The average Bonchev–Trinajstić information content (AvgIpc) is 3.98. The van der Waals surface area contributed by atoms with Gasteiger partial charge in [0.1, 0.15) is 17.4 Å². The molecule has 0 radical (unpaired) electrons. The van der Waals surface area contributed by atoms with Gasteiger partial charge in [-0.25, -0.2) is 9.97 Å². The maximum atomic E-state index is 13.2. The smallest absolute Gasteiger partial charge is 0.240 e. The number of aromatic nitrogens is 5. The second-order valence-corrected chi connectivity index (χ2v) is 15.9. The van der Waals surface area contributed by atoms with Gasteiger partial charge in [0.15, 0.2) is 6.23 Å². The molecule has 4 atom stereocenters. The SMILES string of the molecule is CCCC1Oc2cc(-c3cnc([C@@H]4CCCN4C(=O)CC(C)C)[nH]3)ccc2-c2cc3cc(-c4cnc([C@@H]5CCCN5C(=O)[C@@H](N)C(C)C)[nH]4)ccc3n21. The summed E-state index contributed by atoms with van der Waals surface area (Å²) in [5.74, 6) is 3.13. The summed E-state index contributed by atoms with van der Waals surface area (Å²) in [7, 11) is 0. The summed E-state index contributed by atoms with van der Waals surface area (Å²) in [4.78, 5) is 46.7. The minimum Gasteiger partial charge on any atom is -0.469 e. The molecule has 0 aliphatic carbocycles. The number of carbonyl (C=O) groups is 2. The lowest BCUT2D eigenvalue weighted by Crippen LogP contribution is -2.46. The first-order valence-corrected chi connectivity index (χ1v) is 19.5. The number of carbonyl (C=O) groups excluding carboxylic acids is 2. The fraction of sp³-hybridized carbons (Fsp3) is 0.476. The Morgan fingerprint density at radius 2 is 1.53 bits per heavy atom. The van der Waals surface area contributed by atoms with Gasteiger partial charge in [0.05, 0.1) is 53.1 Å². The molecule has 53 heavy (non-hydrogen) atoms.